The van der Waals surface area contributed by atoms with E-state index in [4.69, 9.17) is 23.2 Å². The molecule has 0 spiro atoms. The van der Waals surface area contributed by atoms with Crippen molar-refractivity contribution < 1.29 is 15.0 Å². The van der Waals surface area contributed by atoms with Gasteiger partial charge < -0.3 is 20.4 Å². The van der Waals surface area contributed by atoms with E-state index in [0.29, 0.717) is 29.4 Å². The topological polar surface area (TPSA) is 72.8 Å². The number of carbonyl (C=O) groups is 1. The highest BCUT2D eigenvalue weighted by Gasteiger charge is 2.57. The molecular formula is C27H32Cl2N2O3. The molecule has 7 heteroatoms. The van der Waals surface area contributed by atoms with Crippen LogP contribution in [0.5, 0.6) is 5.75 Å². The summed E-state index contributed by atoms with van der Waals surface area (Å²) in [4.78, 5) is 15.3. The van der Waals surface area contributed by atoms with Crippen LogP contribution < -0.4 is 5.32 Å². The maximum absolute atomic E-state index is 12.9. The van der Waals surface area contributed by atoms with Crippen LogP contribution in [0.3, 0.4) is 0 Å². The monoisotopic (exact) mass is 502 g/mol. The van der Waals surface area contributed by atoms with Crippen molar-refractivity contribution >= 4 is 29.1 Å². The van der Waals surface area contributed by atoms with Crippen molar-refractivity contribution in [2.24, 2.45) is 5.92 Å². The van der Waals surface area contributed by atoms with Crippen LogP contribution in [0.2, 0.25) is 10.0 Å². The highest BCUT2D eigenvalue weighted by Crippen LogP contribution is 2.52. The normalized spacial score (nSPS) is 29.4. The molecule has 2 aliphatic carbocycles. The number of hydrogen-bond acceptors (Lipinski definition) is 4. The molecule has 1 amide bonds. The van der Waals surface area contributed by atoms with Crippen molar-refractivity contribution in [3.8, 4) is 5.75 Å². The van der Waals surface area contributed by atoms with Crippen molar-refractivity contribution in [2.45, 2.75) is 62.0 Å². The Kier molecular flexibility index (Phi) is 6.58. The Balaban J connectivity index is 1.35. The van der Waals surface area contributed by atoms with Crippen LogP contribution in [-0.4, -0.2) is 52.3 Å². The quantitative estimate of drug-likeness (QED) is 0.535. The van der Waals surface area contributed by atoms with E-state index in [0.717, 1.165) is 43.0 Å². The molecule has 3 N–H and O–H groups in total. The Morgan fingerprint density at radius 2 is 1.91 bits per heavy atom. The average Bonchev–Trinajstić information content (AvgIpc) is 3.60. The summed E-state index contributed by atoms with van der Waals surface area (Å²) in [6.07, 6.45) is 5.60. The number of phenolic OH excluding ortho intramolecular Hbond substituents is 1. The van der Waals surface area contributed by atoms with Gasteiger partial charge in [0, 0.05) is 24.5 Å². The first-order chi connectivity index (χ1) is 16.3. The molecule has 0 radical (unpaired) electrons. The molecule has 5 rings (SSSR count). The lowest BCUT2D eigenvalue weighted by molar-refractivity contribution is -0.133. The van der Waals surface area contributed by atoms with Gasteiger partial charge in [-0.15, -0.1) is 0 Å². The van der Waals surface area contributed by atoms with Crippen molar-refractivity contribution in [2.75, 3.05) is 19.6 Å². The van der Waals surface area contributed by atoms with Gasteiger partial charge in [-0.2, -0.15) is 0 Å². The number of amides is 1. The summed E-state index contributed by atoms with van der Waals surface area (Å²) < 4.78 is 0. The van der Waals surface area contributed by atoms with E-state index in [1.54, 1.807) is 24.3 Å². The summed E-state index contributed by atoms with van der Waals surface area (Å²) in [7, 11) is 0. The summed E-state index contributed by atoms with van der Waals surface area (Å²) in [5.74, 6) is 0.917. The maximum Gasteiger partial charge on any atom is 0.224 e. The van der Waals surface area contributed by atoms with Gasteiger partial charge in [0.25, 0.3) is 0 Å². The first-order valence-electron chi connectivity index (χ1n) is 12.2. The number of aliphatic hydroxyl groups is 1. The molecule has 2 aromatic rings. The van der Waals surface area contributed by atoms with Crippen molar-refractivity contribution in [1.82, 2.24) is 10.2 Å². The number of piperidine rings is 1. The molecule has 3 fully saturated rings. The molecule has 1 saturated heterocycles. The molecule has 2 saturated carbocycles. The number of halogens is 2. The number of aromatic hydroxyl groups is 1. The number of carbonyl (C=O) groups excluding carboxylic acids is 1. The SMILES string of the molecule is O=C(Cc1ccc(Cl)c(Cl)c1)N[C@@H]1CC[C@]2(O)CN(CC3CC3)CC[C@@]2(c2cccc(O)c2)C1. The molecule has 1 aliphatic heterocycles. The predicted octanol–water partition coefficient (Wildman–Crippen LogP) is 4.70. The van der Waals surface area contributed by atoms with Gasteiger partial charge in [0.15, 0.2) is 0 Å². The zero-order chi connectivity index (χ0) is 23.9. The van der Waals surface area contributed by atoms with Crippen LogP contribution in [0, 0.1) is 5.92 Å². The second kappa shape index (κ2) is 9.34. The Morgan fingerprint density at radius 3 is 2.65 bits per heavy atom. The summed E-state index contributed by atoms with van der Waals surface area (Å²) >= 11 is 12.1. The fourth-order valence-electron chi connectivity index (χ4n) is 6.12. The van der Waals surface area contributed by atoms with E-state index in [1.807, 2.05) is 18.2 Å². The first-order valence-corrected chi connectivity index (χ1v) is 13.0. The second-order valence-electron chi connectivity index (χ2n) is 10.5. The third-order valence-electron chi connectivity index (χ3n) is 8.06. The standard InChI is InChI=1S/C27H32Cl2N2O3/c28-23-7-6-19(12-24(23)29)13-25(33)30-21-8-9-27(34)17-31(16-18-4-5-18)11-10-26(27,15-21)20-2-1-3-22(32)14-20/h1-3,6-7,12,14,18,21,32,34H,4-5,8-11,13,15-17H2,(H,30,33)/t21-,26+,27+/m1/s1. The third-order valence-corrected chi connectivity index (χ3v) is 8.80. The second-order valence-corrected chi connectivity index (χ2v) is 11.3. The number of fused-ring (bicyclic) bond motifs is 1. The molecule has 0 unspecified atom stereocenters. The molecule has 3 atom stereocenters. The van der Waals surface area contributed by atoms with Gasteiger partial charge in [0.2, 0.25) is 5.91 Å². The van der Waals surface area contributed by atoms with Gasteiger partial charge in [0.1, 0.15) is 5.75 Å². The van der Waals surface area contributed by atoms with Crippen LogP contribution in [0.25, 0.3) is 0 Å². The molecule has 182 valence electrons. The fraction of sp³-hybridized carbons (Fsp3) is 0.519. The Morgan fingerprint density at radius 1 is 1.09 bits per heavy atom. The Bertz CT molecular complexity index is 1080. The molecular weight excluding hydrogens is 471 g/mol. The fourth-order valence-corrected chi connectivity index (χ4v) is 6.44. The number of hydrogen-bond donors (Lipinski definition) is 3. The van der Waals surface area contributed by atoms with Crippen molar-refractivity contribution in [1.29, 1.82) is 0 Å². The Labute approximate surface area is 211 Å². The lowest BCUT2D eigenvalue weighted by Gasteiger charge is -2.58. The van der Waals surface area contributed by atoms with Crippen molar-refractivity contribution in [3.63, 3.8) is 0 Å². The molecule has 3 aliphatic rings. The van der Waals surface area contributed by atoms with E-state index >= 15 is 0 Å². The minimum atomic E-state index is -0.890. The number of phenols is 1. The Hall–Kier alpha value is -1.79. The summed E-state index contributed by atoms with van der Waals surface area (Å²) in [6.45, 7) is 2.61. The van der Waals surface area contributed by atoms with Crippen LogP contribution in [0.4, 0.5) is 0 Å². The summed E-state index contributed by atoms with van der Waals surface area (Å²) in [6, 6.07) is 12.5. The molecule has 5 nitrogen and oxygen atoms in total. The zero-order valence-corrected chi connectivity index (χ0v) is 20.8. The van der Waals surface area contributed by atoms with Gasteiger partial charge in [0.05, 0.1) is 22.1 Å². The predicted molar refractivity (Wildman–Crippen MR) is 134 cm³/mol. The average molecular weight is 503 g/mol. The van der Waals surface area contributed by atoms with Crippen LogP contribution in [-0.2, 0) is 16.6 Å². The highest BCUT2D eigenvalue weighted by atomic mass is 35.5. The number of β-amino-alcohol motifs (C(OH)–C–C–N with tert-alkyl or cyclic N) is 1. The maximum atomic E-state index is 12.9. The minimum Gasteiger partial charge on any atom is -0.508 e. The molecule has 2 aromatic carbocycles. The van der Waals surface area contributed by atoms with Crippen LogP contribution in [0.15, 0.2) is 42.5 Å². The van der Waals surface area contributed by atoms with Gasteiger partial charge in [-0.1, -0.05) is 41.4 Å². The molecule has 0 bridgehead atoms. The third kappa shape index (κ3) is 4.81. The van der Waals surface area contributed by atoms with Crippen LogP contribution in [0.1, 0.15) is 49.7 Å². The number of rotatable bonds is 6. The minimum absolute atomic E-state index is 0.0483. The lowest BCUT2D eigenvalue weighted by Crippen LogP contribution is -2.67. The number of likely N-dealkylation sites (tertiary alicyclic amines) is 1. The zero-order valence-electron chi connectivity index (χ0n) is 19.3. The van der Waals surface area contributed by atoms with Gasteiger partial charge in [-0.25, -0.2) is 0 Å². The van der Waals surface area contributed by atoms with Crippen molar-refractivity contribution in [3.05, 3.63) is 63.6 Å². The van der Waals surface area contributed by atoms with E-state index < -0.39 is 11.0 Å². The van der Waals surface area contributed by atoms with Gasteiger partial charge in [-0.3, -0.25) is 4.79 Å². The smallest absolute Gasteiger partial charge is 0.224 e. The van der Waals surface area contributed by atoms with Gasteiger partial charge >= 0.3 is 0 Å². The molecule has 34 heavy (non-hydrogen) atoms. The summed E-state index contributed by atoms with van der Waals surface area (Å²) in [5.41, 5.74) is 0.379. The van der Waals surface area contributed by atoms with E-state index in [9.17, 15) is 15.0 Å². The first kappa shape index (κ1) is 23.9. The number of nitrogens with zero attached hydrogens (tertiary/aromatic N) is 1. The van der Waals surface area contributed by atoms with E-state index in [1.165, 1.54) is 12.8 Å². The largest absolute Gasteiger partial charge is 0.508 e. The number of nitrogens with one attached hydrogen (secondary N) is 1. The highest BCUT2D eigenvalue weighted by molar-refractivity contribution is 6.42. The molecule has 1 heterocycles. The lowest BCUT2D eigenvalue weighted by atomic mass is 9.55. The summed E-state index contributed by atoms with van der Waals surface area (Å²) in [5, 5.41) is 26.4. The number of benzene rings is 2. The van der Waals surface area contributed by atoms with Crippen LogP contribution >= 0.6 is 23.2 Å². The van der Waals surface area contributed by atoms with E-state index in [-0.39, 0.29) is 24.1 Å². The molecule has 0 aromatic heterocycles. The van der Waals surface area contributed by atoms with E-state index in [2.05, 4.69) is 10.2 Å². The van der Waals surface area contributed by atoms with Gasteiger partial charge in [-0.05, 0) is 86.4 Å².